The average molecular weight is 391 g/mol. The Morgan fingerprint density at radius 1 is 0.704 bits per heavy atom. The van der Waals surface area contributed by atoms with Gasteiger partial charge >= 0.3 is 0 Å². The second kappa shape index (κ2) is 9.24. The van der Waals surface area contributed by atoms with Crippen LogP contribution in [-0.4, -0.2) is 39.1 Å². The van der Waals surface area contributed by atoms with Crippen LogP contribution in [0, 0.1) is 0 Å². The van der Waals surface area contributed by atoms with Gasteiger partial charge in [-0.05, 0) is 63.1 Å². The molecule has 0 aliphatic rings. The normalized spacial score (nSPS) is 11.6. The van der Waals surface area contributed by atoms with Crippen LogP contribution in [0.1, 0.15) is 44.1 Å². The van der Waals surface area contributed by atoms with Crippen molar-refractivity contribution in [3.8, 4) is 0 Å². The smallest absolute Gasteiger partial charge is 0.276 e. The molecule has 2 rings (SSSR count). The van der Waals surface area contributed by atoms with Gasteiger partial charge < -0.3 is 9.80 Å². The zero-order valence-electron chi connectivity index (χ0n) is 16.6. The monoisotopic (exact) mass is 390 g/mol. The van der Waals surface area contributed by atoms with Crippen molar-refractivity contribution in [3.05, 3.63) is 59.7 Å². The summed E-state index contributed by atoms with van der Waals surface area (Å²) in [6.45, 7) is 11.8. The van der Waals surface area contributed by atoms with Crippen molar-refractivity contribution in [1.82, 2.24) is 0 Å². The molecule has 0 saturated heterocycles. The fourth-order valence-corrected chi connectivity index (χ4v) is 4.44. The Morgan fingerprint density at radius 3 is 1.22 bits per heavy atom. The molecule has 0 heterocycles. The molecule has 0 aliphatic carbocycles. The third-order valence-corrected chi connectivity index (χ3v) is 6.09. The Kier molecular flexibility index (Phi) is 7.27. The Hall–Kier alpha value is -2.05. The molecular formula is C21H30N2O3S. The van der Waals surface area contributed by atoms with Gasteiger partial charge in [0, 0.05) is 37.6 Å². The van der Waals surface area contributed by atoms with E-state index in [9.17, 15) is 13.0 Å². The molecule has 148 valence electrons. The third kappa shape index (κ3) is 5.02. The SMILES string of the molecule is CCN(CC)c1ccc(C(c2ccc(N(CC)CC)cc2)S(=O)(=O)O)cc1. The predicted octanol–water partition coefficient (Wildman–Crippen LogP) is 4.36. The molecule has 0 radical (unpaired) electrons. The molecular weight excluding hydrogens is 360 g/mol. The minimum Gasteiger partial charge on any atom is -0.372 e. The predicted molar refractivity (Wildman–Crippen MR) is 113 cm³/mol. The number of benzene rings is 2. The summed E-state index contributed by atoms with van der Waals surface area (Å²) in [6.07, 6.45) is 0. The Morgan fingerprint density at radius 2 is 1.00 bits per heavy atom. The van der Waals surface area contributed by atoms with Crippen molar-refractivity contribution in [3.63, 3.8) is 0 Å². The van der Waals surface area contributed by atoms with Gasteiger partial charge in [0.2, 0.25) is 0 Å². The molecule has 2 aromatic carbocycles. The van der Waals surface area contributed by atoms with Crippen LogP contribution in [0.25, 0.3) is 0 Å². The van der Waals surface area contributed by atoms with Gasteiger partial charge in [-0.25, -0.2) is 0 Å². The molecule has 0 fully saturated rings. The highest BCUT2D eigenvalue weighted by molar-refractivity contribution is 7.86. The lowest BCUT2D eigenvalue weighted by molar-refractivity contribution is 0.475. The van der Waals surface area contributed by atoms with Crippen LogP contribution in [0.4, 0.5) is 11.4 Å². The maximum Gasteiger partial charge on any atom is 0.276 e. The molecule has 0 aliphatic heterocycles. The van der Waals surface area contributed by atoms with Gasteiger partial charge in [0.25, 0.3) is 10.1 Å². The molecule has 2 aromatic rings. The largest absolute Gasteiger partial charge is 0.372 e. The zero-order valence-corrected chi connectivity index (χ0v) is 17.4. The lowest BCUT2D eigenvalue weighted by Gasteiger charge is -2.23. The fraction of sp³-hybridized carbons (Fsp3) is 0.429. The molecule has 1 N–H and O–H groups in total. The molecule has 0 aromatic heterocycles. The summed E-state index contributed by atoms with van der Waals surface area (Å²) in [5.74, 6) is 0. The number of nitrogens with zero attached hydrogens (tertiary/aromatic N) is 2. The van der Waals surface area contributed by atoms with Crippen LogP contribution in [0.3, 0.4) is 0 Å². The highest BCUT2D eigenvalue weighted by atomic mass is 32.2. The van der Waals surface area contributed by atoms with Crippen molar-refractivity contribution in [2.75, 3.05) is 36.0 Å². The van der Waals surface area contributed by atoms with Crippen molar-refractivity contribution in [2.45, 2.75) is 32.9 Å². The van der Waals surface area contributed by atoms with E-state index in [1.165, 1.54) is 0 Å². The maximum atomic E-state index is 12.1. The van der Waals surface area contributed by atoms with Crippen LogP contribution in [0.15, 0.2) is 48.5 Å². The van der Waals surface area contributed by atoms with E-state index in [-0.39, 0.29) is 0 Å². The lowest BCUT2D eigenvalue weighted by atomic mass is 10.0. The molecule has 0 unspecified atom stereocenters. The van der Waals surface area contributed by atoms with E-state index in [2.05, 4.69) is 37.5 Å². The average Bonchev–Trinajstić information content (AvgIpc) is 2.65. The van der Waals surface area contributed by atoms with Crippen molar-refractivity contribution in [2.24, 2.45) is 0 Å². The van der Waals surface area contributed by atoms with Gasteiger partial charge in [-0.15, -0.1) is 0 Å². The first-order chi connectivity index (χ1) is 12.8. The molecule has 6 heteroatoms. The van der Waals surface area contributed by atoms with Gasteiger partial charge in [-0.2, -0.15) is 8.42 Å². The van der Waals surface area contributed by atoms with Gasteiger partial charge in [0.1, 0.15) is 5.25 Å². The Bertz CT molecular complexity index is 754. The van der Waals surface area contributed by atoms with Crippen molar-refractivity contribution in [1.29, 1.82) is 0 Å². The van der Waals surface area contributed by atoms with Crippen molar-refractivity contribution >= 4 is 21.5 Å². The summed E-state index contributed by atoms with van der Waals surface area (Å²) in [6, 6.07) is 14.8. The fourth-order valence-electron chi connectivity index (χ4n) is 3.43. The summed E-state index contributed by atoms with van der Waals surface area (Å²) in [4.78, 5) is 4.37. The van der Waals surface area contributed by atoms with E-state index in [4.69, 9.17) is 0 Å². The molecule has 27 heavy (non-hydrogen) atoms. The summed E-state index contributed by atoms with van der Waals surface area (Å²) in [5, 5.41) is -1.09. The highest BCUT2D eigenvalue weighted by Gasteiger charge is 2.27. The molecule has 0 saturated carbocycles. The summed E-state index contributed by atoms with van der Waals surface area (Å²) >= 11 is 0. The summed E-state index contributed by atoms with van der Waals surface area (Å²) in [7, 11) is -4.29. The molecule has 0 bridgehead atoms. The van der Waals surface area contributed by atoms with E-state index in [0.29, 0.717) is 11.1 Å². The molecule has 0 atom stereocenters. The number of anilines is 2. The minimum atomic E-state index is -4.29. The molecule has 0 amide bonds. The van der Waals surface area contributed by atoms with Crippen molar-refractivity contribution < 1.29 is 13.0 Å². The lowest BCUT2D eigenvalue weighted by Crippen LogP contribution is -2.22. The van der Waals surface area contributed by atoms with Crippen LogP contribution in [-0.2, 0) is 10.1 Å². The van der Waals surface area contributed by atoms with Gasteiger partial charge in [0.05, 0.1) is 0 Å². The summed E-state index contributed by atoms with van der Waals surface area (Å²) in [5.41, 5.74) is 3.19. The highest BCUT2D eigenvalue weighted by Crippen LogP contribution is 2.32. The van der Waals surface area contributed by atoms with Gasteiger partial charge in [-0.1, -0.05) is 24.3 Å². The first-order valence-corrected chi connectivity index (χ1v) is 11.0. The van der Waals surface area contributed by atoms with E-state index in [1.807, 2.05) is 24.3 Å². The van der Waals surface area contributed by atoms with Gasteiger partial charge in [-0.3, -0.25) is 4.55 Å². The number of rotatable bonds is 9. The number of hydrogen-bond donors (Lipinski definition) is 1. The topological polar surface area (TPSA) is 60.9 Å². The standard InChI is InChI=1S/C21H30N2O3S/c1-5-22(6-2)19-13-9-17(10-14-19)21(27(24,25)26)18-11-15-20(16-12-18)23(7-3)8-4/h9-16,21H,5-8H2,1-4H3,(H,24,25,26). The van der Waals surface area contributed by atoms with Crippen LogP contribution < -0.4 is 9.80 Å². The van der Waals surface area contributed by atoms with E-state index in [0.717, 1.165) is 37.6 Å². The Balaban J connectivity index is 2.39. The third-order valence-electron chi connectivity index (χ3n) is 4.95. The molecule has 5 nitrogen and oxygen atoms in total. The maximum absolute atomic E-state index is 12.1. The quantitative estimate of drug-likeness (QED) is 0.645. The van der Waals surface area contributed by atoms with E-state index in [1.54, 1.807) is 24.3 Å². The van der Waals surface area contributed by atoms with Crippen LogP contribution in [0.2, 0.25) is 0 Å². The Labute approximate surface area is 163 Å². The number of hydrogen-bond acceptors (Lipinski definition) is 4. The molecule has 0 spiro atoms. The summed E-state index contributed by atoms with van der Waals surface area (Å²) < 4.78 is 34.1. The first-order valence-electron chi connectivity index (χ1n) is 9.51. The van der Waals surface area contributed by atoms with Gasteiger partial charge in [0.15, 0.2) is 0 Å². The zero-order chi connectivity index (χ0) is 20.0. The second-order valence-electron chi connectivity index (χ2n) is 6.42. The van der Waals surface area contributed by atoms with E-state index < -0.39 is 15.4 Å². The minimum absolute atomic E-state index is 0.559. The second-order valence-corrected chi connectivity index (χ2v) is 7.92. The van der Waals surface area contributed by atoms with Crippen LogP contribution >= 0.6 is 0 Å². The van der Waals surface area contributed by atoms with E-state index >= 15 is 0 Å². The first kappa shape index (κ1) is 21.3. The van der Waals surface area contributed by atoms with Crippen LogP contribution in [0.5, 0.6) is 0 Å².